The Labute approximate surface area is 152 Å². The Morgan fingerprint density at radius 2 is 2.12 bits per heavy atom. The standard InChI is InChI=1S/C14H15ClF3NO4S2/c15-9-1-2-12(23-8-14(16,17)18)11(5-9)19-13(20)6-24-10-3-4-25(21,22)7-10/h1-2,5,10H,3-4,6-8H2,(H,19,20). The number of hydrogen-bond acceptors (Lipinski definition) is 5. The molecule has 0 bridgehead atoms. The van der Waals surface area contributed by atoms with Gasteiger partial charge in [0.05, 0.1) is 22.9 Å². The summed E-state index contributed by atoms with van der Waals surface area (Å²) in [5.74, 6) is -0.513. The molecule has 2 rings (SSSR count). The van der Waals surface area contributed by atoms with Crippen LogP contribution in [0.4, 0.5) is 18.9 Å². The molecule has 1 unspecified atom stereocenters. The van der Waals surface area contributed by atoms with Gasteiger partial charge in [-0.1, -0.05) is 11.6 Å². The second kappa shape index (κ2) is 8.05. The van der Waals surface area contributed by atoms with E-state index in [-0.39, 0.29) is 39.0 Å². The first kappa shape index (κ1) is 20.2. The van der Waals surface area contributed by atoms with Crippen LogP contribution in [-0.2, 0) is 14.6 Å². The maximum Gasteiger partial charge on any atom is 0.422 e. The zero-order valence-electron chi connectivity index (χ0n) is 12.8. The van der Waals surface area contributed by atoms with E-state index >= 15 is 0 Å². The number of halogens is 4. The largest absolute Gasteiger partial charge is 0.482 e. The minimum absolute atomic E-state index is 0.0224. The molecule has 0 aliphatic carbocycles. The van der Waals surface area contributed by atoms with E-state index in [9.17, 15) is 26.4 Å². The summed E-state index contributed by atoms with van der Waals surface area (Å²) < 4.78 is 64.3. The van der Waals surface area contributed by atoms with Gasteiger partial charge in [0.1, 0.15) is 5.75 Å². The number of rotatable bonds is 6. The van der Waals surface area contributed by atoms with Gasteiger partial charge in [0.2, 0.25) is 5.91 Å². The van der Waals surface area contributed by atoms with Crippen LogP contribution >= 0.6 is 23.4 Å². The van der Waals surface area contributed by atoms with Gasteiger partial charge in [-0.3, -0.25) is 4.79 Å². The quantitative estimate of drug-likeness (QED) is 0.769. The number of benzene rings is 1. The number of carbonyl (C=O) groups excluding carboxylic acids is 1. The van der Waals surface area contributed by atoms with E-state index in [1.807, 2.05) is 0 Å². The number of ether oxygens (including phenoxy) is 1. The van der Waals surface area contributed by atoms with Gasteiger partial charge < -0.3 is 10.1 Å². The van der Waals surface area contributed by atoms with E-state index in [2.05, 4.69) is 10.1 Å². The Morgan fingerprint density at radius 1 is 1.40 bits per heavy atom. The SMILES string of the molecule is O=C(CSC1CCS(=O)(=O)C1)Nc1cc(Cl)ccc1OCC(F)(F)F. The van der Waals surface area contributed by atoms with Crippen molar-refractivity contribution in [2.45, 2.75) is 17.8 Å². The molecule has 0 spiro atoms. The summed E-state index contributed by atoms with van der Waals surface area (Å²) in [5.41, 5.74) is 0.0291. The summed E-state index contributed by atoms with van der Waals surface area (Å²) in [4.78, 5) is 12.0. The molecule has 0 radical (unpaired) electrons. The monoisotopic (exact) mass is 417 g/mol. The maximum atomic E-state index is 12.3. The van der Waals surface area contributed by atoms with Crippen LogP contribution in [0, 0.1) is 0 Å². The van der Waals surface area contributed by atoms with Crippen LogP contribution in [0.1, 0.15) is 6.42 Å². The first-order chi connectivity index (χ1) is 11.5. The average molecular weight is 418 g/mol. The number of sulfone groups is 1. The van der Waals surface area contributed by atoms with E-state index in [1.54, 1.807) is 0 Å². The number of hydrogen-bond donors (Lipinski definition) is 1. The first-order valence-electron chi connectivity index (χ1n) is 7.15. The molecule has 0 aromatic heterocycles. The van der Waals surface area contributed by atoms with Crippen molar-refractivity contribution in [1.29, 1.82) is 0 Å². The van der Waals surface area contributed by atoms with Crippen LogP contribution in [0.5, 0.6) is 5.75 Å². The van der Waals surface area contributed by atoms with Crippen LogP contribution in [0.2, 0.25) is 5.02 Å². The molecule has 1 aliphatic rings. The maximum absolute atomic E-state index is 12.3. The van der Waals surface area contributed by atoms with Crippen LogP contribution in [0.25, 0.3) is 0 Å². The number of alkyl halides is 3. The van der Waals surface area contributed by atoms with Crippen molar-refractivity contribution >= 4 is 44.8 Å². The molecule has 1 aromatic carbocycles. The lowest BCUT2D eigenvalue weighted by Crippen LogP contribution is -2.21. The van der Waals surface area contributed by atoms with Crippen LogP contribution in [-0.4, -0.2) is 49.6 Å². The Balaban J connectivity index is 1.94. The summed E-state index contributed by atoms with van der Waals surface area (Å²) in [6.45, 7) is -1.49. The number of anilines is 1. The molecule has 1 amide bonds. The molecule has 1 N–H and O–H groups in total. The van der Waals surface area contributed by atoms with Gasteiger partial charge in [-0.2, -0.15) is 13.2 Å². The lowest BCUT2D eigenvalue weighted by Gasteiger charge is -2.14. The highest BCUT2D eigenvalue weighted by Gasteiger charge is 2.30. The lowest BCUT2D eigenvalue weighted by atomic mass is 10.3. The molecule has 1 fully saturated rings. The summed E-state index contributed by atoms with van der Waals surface area (Å²) in [5, 5.41) is 2.52. The summed E-state index contributed by atoms with van der Waals surface area (Å²) >= 11 is 7.00. The second-order valence-corrected chi connectivity index (χ2v) is 9.38. The highest BCUT2D eigenvalue weighted by molar-refractivity contribution is 8.02. The fraction of sp³-hybridized carbons (Fsp3) is 0.500. The van der Waals surface area contributed by atoms with E-state index in [0.29, 0.717) is 6.42 Å². The molecular formula is C14H15ClF3NO4S2. The Kier molecular flexibility index (Phi) is 6.50. The van der Waals surface area contributed by atoms with E-state index in [1.165, 1.54) is 30.0 Å². The van der Waals surface area contributed by atoms with Crippen LogP contribution < -0.4 is 10.1 Å². The predicted molar refractivity (Wildman–Crippen MR) is 91.1 cm³/mol. The van der Waals surface area contributed by atoms with E-state index in [0.717, 1.165) is 0 Å². The Bertz CT molecular complexity index is 740. The highest BCUT2D eigenvalue weighted by atomic mass is 35.5. The van der Waals surface area contributed by atoms with E-state index in [4.69, 9.17) is 11.6 Å². The predicted octanol–water partition coefficient (Wildman–Crippen LogP) is 3.14. The van der Waals surface area contributed by atoms with Gasteiger partial charge in [-0.05, 0) is 24.6 Å². The molecule has 1 saturated heterocycles. The van der Waals surface area contributed by atoms with Gasteiger partial charge >= 0.3 is 6.18 Å². The lowest BCUT2D eigenvalue weighted by molar-refractivity contribution is -0.153. The van der Waals surface area contributed by atoms with Crippen LogP contribution in [0.3, 0.4) is 0 Å². The highest BCUT2D eigenvalue weighted by Crippen LogP contribution is 2.30. The molecule has 11 heteroatoms. The Hall–Kier alpha value is -1.13. The molecule has 1 aliphatic heterocycles. The average Bonchev–Trinajstić information content (AvgIpc) is 2.83. The van der Waals surface area contributed by atoms with Gasteiger partial charge in [-0.25, -0.2) is 8.42 Å². The zero-order chi connectivity index (χ0) is 18.7. The van der Waals surface area contributed by atoms with Gasteiger partial charge in [0.25, 0.3) is 0 Å². The molecule has 1 atom stereocenters. The number of nitrogens with one attached hydrogen (secondary N) is 1. The second-order valence-electron chi connectivity index (χ2n) is 5.43. The van der Waals surface area contributed by atoms with Crippen molar-refractivity contribution in [3.8, 4) is 5.75 Å². The summed E-state index contributed by atoms with van der Waals surface area (Å²) in [6.07, 6.45) is -4.03. The topological polar surface area (TPSA) is 72.5 Å². The normalized spacial score (nSPS) is 19.6. The number of carbonyl (C=O) groups is 1. The van der Waals surface area contributed by atoms with Gasteiger partial charge in [0, 0.05) is 10.3 Å². The summed E-state index contributed by atoms with van der Waals surface area (Å²) in [7, 11) is -3.03. The minimum Gasteiger partial charge on any atom is -0.482 e. The third-order valence-electron chi connectivity index (χ3n) is 3.25. The smallest absolute Gasteiger partial charge is 0.422 e. The summed E-state index contributed by atoms with van der Waals surface area (Å²) in [6, 6.07) is 3.87. The number of amides is 1. The van der Waals surface area contributed by atoms with Crippen molar-refractivity contribution in [2.75, 3.05) is 29.2 Å². The third-order valence-corrected chi connectivity index (χ3v) is 6.76. The van der Waals surface area contributed by atoms with Crippen molar-refractivity contribution in [2.24, 2.45) is 0 Å². The first-order valence-corrected chi connectivity index (χ1v) is 10.4. The molecule has 1 heterocycles. The molecule has 5 nitrogen and oxygen atoms in total. The molecule has 25 heavy (non-hydrogen) atoms. The van der Waals surface area contributed by atoms with E-state index < -0.39 is 28.5 Å². The van der Waals surface area contributed by atoms with Gasteiger partial charge in [-0.15, -0.1) is 11.8 Å². The fourth-order valence-electron chi connectivity index (χ4n) is 2.16. The Morgan fingerprint density at radius 3 is 2.72 bits per heavy atom. The fourth-order valence-corrected chi connectivity index (χ4v) is 5.77. The molecule has 1 aromatic rings. The van der Waals surface area contributed by atoms with Crippen LogP contribution in [0.15, 0.2) is 18.2 Å². The van der Waals surface area contributed by atoms with Crippen molar-refractivity contribution < 1.29 is 31.1 Å². The number of thioether (sulfide) groups is 1. The van der Waals surface area contributed by atoms with Crippen molar-refractivity contribution in [3.05, 3.63) is 23.2 Å². The molecular weight excluding hydrogens is 403 g/mol. The van der Waals surface area contributed by atoms with Crippen molar-refractivity contribution in [1.82, 2.24) is 0 Å². The van der Waals surface area contributed by atoms with Crippen molar-refractivity contribution in [3.63, 3.8) is 0 Å². The molecule has 0 saturated carbocycles. The minimum atomic E-state index is -4.51. The third kappa shape index (κ3) is 6.95. The zero-order valence-corrected chi connectivity index (χ0v) is 15.2. The molecule has 140 valence electrons. The van der Waals surface area contributed by atoms with Gasteiger partial charge in [0.15, 0.2) is 16.4 Å².